The Kier molecular flexibility index (Phi) is 8.06. The average molecular weight is 590 g/mol. The minimum atomic E-state index is -0.240. The molecule has 1 amide bonds. The Morgan fingerprint density at radius 1 is 0.884 bits per heavy atom. The van der Waals surface area contributed by atoms with Crippen molar-refractivity contribution < 1.29 is 14.3 Å². The van der Waals surface area contributed by atoms with Gasteiger partial charge in [0.15, 0.2) is 11.7 Å². The SMILES string of the molecule is COc1ccc(-n2c(C)ccc2[C@@H]2[C@H](c3ccccn3)NC(=S)N2c2ccc(NC(=O)COc3ccccc3)cc2)cc1. The number of thiocarbonyl (C=S) groups is 1. The fourth-order valence-corrected chi connectivity index (χ4v) is 5.72. The Hall–Kier alpha value is -5.15. The van der Waals surface area contributed by atoms with E-state index in [9.17, 15) is 4.79 Å². The lowest BCUT2D eigenvalue weighted by Gasteiger charge is -2.29. The number of rotatable bonds is 9. The van der Waals surface area contributed by atoms with E-state index >= 15 is 0 Å². The second-order valence-electron chi connectivity index (χ2n) is 10.1. The molecule has 3 heterocycles. The van der Waals surface area contributed by atoms with Crippen molar-refractivity contribution in [3.63, 3.8) is 0 Å². The second kappa shape index (κ2) is 12.4. The third-order valence-electron chi connectivity index (χ3n) is 7.38. The molecule has 0 saturated carbocycles. The number of aromatic nitrogens is 2. The molecule has 5 aromatic rings. The van der Waals surface area contributed by atoms with Crippen LogP contribution >= 0.6 is 12.2 Å². The van der Waals surface area contributed by atoms with Gasteiger partial charge in [-0.25, -0.2) is 0 Å². The monoisotopic (exact) mass is 589 g/mol. The van der Waals surface area contributed by atoms with Gasteiger partial charge in [0.25, 0.3) is 5.91 Å². The van der Waals surface area contributed by atoms with E-state index in [0.29, 0.717) is 16.5 Å². The van der Waals surface area contributed by atoms with Crippen molar-refractivity contribution in [1.82, 2.24) is 14.9 Å². The highest BCUT2D eigenvalue weighted by Gasteiger charge is 2.42. The van der Waals surface area contributed by atoms with Crippen molar-refractivity contribution in [2.75, 3.05) is 23.9 Å². The van der Waals surface area contributed by atoms with Gasteiger partial charge >= 0.3 is 0 Å². The second-order valence-corrected chi connectivity index (χ2v) is 10.5. The average Bonchev–Trinajstić information content (AvgIpc) is 3.60. The number of hydrogen-bond acceptors (Lipinski definition) is 5. The molecule has 9 heteroatoms. The molecule has 216 valence electrons. The number of methoxy groups -OCH3 is 1. The van der Waals surface area contributed by atoms with Crippen LogP contribution in [-0.2, 0) is 4.79 Å². The van der Waals surface area contributed by atoms with Crippen LogP contribution in [0.2, 0.25) is 0 Å². The predicted octanol–water partition coefficient (Wildman–Crippen LogP) is 6.38. The molecule has 0 unspecified atom stereocenters. The van der Waals surface area contributed by atoms with E-state index in [1.165, 1.54) is 0 Å². The van der Waals surface area contributed by atoms with Gasteiger partial charge in [0.05, 0.1) is 18.8 Å². The normalized spacial score (nSPS) is 16.0. The van der Waals surface area contributed by atoms with Gasteiger partial charge < -0.3 is 29.6 Å². The van der Waals surface area contributed by atoms with Crippen LogP contribution in [-0.4, -0.2) is 34.3 Å². The molecule has 43 heavy (non-hydrogen) atoms. The van der Waals surface area contributed by atoms with Gasteiger partial charge in [0.2, 0.25) is 0 Å². The zero-order chi connectivity index (χ0) is 29.8. The number of nitrogens with zero attached hydrogens (tertiary/aromatic N) is 3. The number of para-hydroxylation sites is 1. The standard InChI is InChI=1S/C34H31N5O3S/c1-23-11-20-30(38(23)25-16-18-27(41-2)19-17-25)33-32(29-10-6-7-21-35-29)37-34(43)39(33)26-14-12-24(13-15-26)36-31(40)22-42-28-8-4-3-5-9-28/h3-21,32-33H,22H2,1-2H3,(H,36,40)(H,37,43)/t32-,33+/m0/s1. The van der Waals surface area contributed by atoms with Gasteiger partial charge in [-0.15, -0.1) is 0 Å². The summed E-state index contributed by atoms with van der Waals surface area (Å²) in [5.41, 5.74) is 5.61. The summed E-state index contributed by atoms with van der Waals surface area (Å²) in [5.74, 6) is 1.20. The van der Waals surface area contributed by atoms with Crippen molar-refractivity contribution in [3.8, 4) is 17.2 Å². The summed E-state index contributed by atoms with van der Waals surface area (Å²) in [6.07, 6.45) is 1.80. The Balaban J connectivity index is 1.30. The number of carbonyl (C=O) groups excluding carboxylic acids is 1. The number of hydrogen-bond donors (Lipinski definition) is 2. The molecule has 2 aromatic heterocycles. The molecule has 6 rings (SSSR count). The van der Waals surface area contributed by atoms with Crippen LogP contribution in [0.15, 0.2) is 115 Å². The quantitative estimate of drug-likeness (QED) is 0.193. The molecule has 1 aliphatic rings. The molecule has 8 nitrogen and oxygen atoms in total. The van der Waals surface area contributed by atoms with Crippen LogP contribution in [0.25, 0.3) is 5.69 Å². The predicted molar refractivity (Wildman–Crippen MR) is 172 cm³/mol. The summed E-state index contributed by atoms with van der Waals surface area (Å²) in [6.45, 7) is 2.01. The molecule has 0 aliphatic carbocycles. The van der Waals surface area contributed by atoms with Crippen molar-refractivity contribution in [2.24, 2.45) is 0 Å². The van der Waals surface area contributed by atoms with Crippen molar-refractivity contribution >= 4 is 34.6 Å². The number of aryl methyl sites for hydroxylation is 1. The molecule has 3 aromatic carbocycles. The molecule has 0 bridgehead atoms. The van der Waals surface area contributed by atoms with Gasteiger partial charge in [0.1, 0.15) is 17.5 Å². The Labute approximate surface area is 255 Å². The highest BCUT2D eigenvalue weighted by Crippen LogP contribution is 2.43. The number of amides is 1. The van der Waals surface area contributed by atoms with Crippen LogP contribution in [0.3, 0.4) is 0 Å². The summed E-state index contributed by atoms with van der Waals surface area (Å²) in [7, 11) is 1.66. The van der Waals surface area contributed by atoms with E-state index in [-0.39, 0.29) is 24.6 Å². The maximum absolute atomic E-state index is 12.5. The highest BCUT2D eigenvalue weighted by molar-refractivity contribution is 7.80. The van der Waals surface area contributed by atoms with Crippen LogP contribution in [0, 0.1) is 6.92 Å². The van der Waals surface area contributed by atoms with E-state index in [0.717, 1.165) is 34.2 Å². The summed E-state index contributed by atoms with van der Waals surface area (Å²) in [6, 6.07) is 34.7. The van der Waals surface area contributed by atoms with Gasteiger partial charge in [-0.2, -0.15) is 0 Å². The first kappa shape index (κ1) is 28.0. The van der Waals surface area contributed by atoms with Gasteiger partial charge in [-0.1, -0.05) is 24.3 Å². The first-order valence-corrected chi connectivity index (χ1v) is 14.3. The third kappa shape index (κ3) is 5.93. The smallest absolute Gasteiger partial charge is 0.262 e. The molecule has 2 atom stereocenters. The largest absolute Gasteiger partial charge is 0.497 e. The number of pyridine rings is 1. The molecule has 0 spiro atoms. The van der Waals surface area contributed by atoms with Gasteiger partial charge in [-0.05, 0) is 104 Å². The Morgan fingerprint density at radius 2 is 1.60 bits per heavy atom. The lowest BCUT2D eigenvalue weighted by molar-refractivity contribution is -0.118. The number of nitrogens with one attached hydrogen (secondary N) is 2. The fourth-order valence-electron chi connectivity index (χ4n) is 5.37. The fraction of sp³-hybridized carbons (Fsp3) is 0.147. The molecule has 1 fully saturated rings. The molecule has 1 saturated heterocycles. The third-order valence-corrected chi connectivity index (χ3v) is 7.69. The number of carbonyl (C=O) groups is 1. The van der Waals surface area contributed by atoms with Crippen LogP contribution < -0.4 is 25.0 Å². The topological polar surface area (TPSA) is 80.7 Å². The summed E-state index contributed by atoms with van der Waals surface area (Å²) >= 11 is 5.93. The highest BCUT2D eigenvalue weighted by atomic mass is 32.1. The van der Waals surface area contributed by atoms with Crippen LogP contribution in [0.5, 0.6) is 11.5 Å². The summed E-state index contributed by atoms with van der Waals surface area (Å²) < 4.78 is 13.2. The van der Waals surface area contributed by atoms with E-state index in [1.54, 1.807) is 13.3 Å². The molecular weight excluding hydrogens is 558 g/mol. The first-order chi connectivity index (χ1) is 21.0. The van der Waals surface area contributed by atoms with Crippen molar-refractivity contribution in [1.29, 1.82) is 0 Å². The summed E-state index contributed by atoms with van der Waals surface area (Å²) in [5, 5.41) is 7.03. The van der Waals surface area contributed by atoms with E-state index in [4.69, 9.17) is 21.7 Å². The summed E-state index contributed by atoms with van der Waals surface area (Å²) in [4.78, 5) is 19.3. The number of benzene rings is 3. The van der Waals surface area contributed by atoms with Gasteiger partial charge in [-0.3, -0.25) is 9.78 Å². The van der Waals surface area contributed by atoms with E-state index < -0.39 is 0 Å². The van der Waals surface area contributed by atoms with Crippen molar-refractivity contribution in [3.05, 3.63) is 132 Å². The zero-order valence-corrected chi connectivity index (χ0v) is 24.6. The number of anilines is 2. The Morgan fingerprint density at radius 3 is 2.30 bits per heavy atom. The first-order valence-electron chi connectivity index (χ1n) is 13.9. The number of ether oxygens (including phenoxy) is 2. The lowest BCUT2D eigenvalue weighted by Crippen LogP contribution is -2.30. The minimum Gasteiger partial charge on any atom is -0.497 e. The molecule has 1 aliphatic heterocycles. The zero-order valence-electron chi connectivity index (χ0n) is 23.8. The molecular formula is C34H31N5O3S. The van der Waals surface area contributed by atoms with Crippen LogP contribution in [0.4, 0.5) is 11.4 Å². The van der Waals surface area contributed by atoms with Crippen LogP contribution in [0.1, 0.15) is 29.2 Å². The minimum absolute atomic E-state index is 0.0819. The molecule has 0 radical (unpaired) electrons. The van der Waals surface area contributed by atoms with E-state index in [2.05, 4.69) is 56.3 Å². The molecule has 2 N–H and O–H groups in total. The van der Waals surface area contributed by atoms with Crippen molar-refractivity contribution in [2.45, 2.75) is 19.0 Å². The van der Waals surface area contributed by atoms with E-state index in [1.807, 2.05) is 84.9 Å². The van der Waals surface area contributed by atoms with Gasteiger partial charge in [0, 0.05) is 34.6 Å². The maximum atomic E-state index is 12.5. The lowest BCUT2D eigenvalue weighted by atomic mass is 10.0. The maximum Gasteiger partial charge on any atom is 0.262 e. The Bertz CT molecular complexity index is 1710.